The van der Waals surface area contributed by atoms with Gasteiger partial charge in [0.25, 0.3) is 0 Å². The van der Waals surface area contributed by atoms with Gasteiger partial charge in [0.2, 0.25) is 5.88 Å². The number of pyridine rings is 1. The van der Waals surface area contributed by atoms with E-state index in [4.69, 9.17) is 4.74 Å². The second kappa shape index (κ2) is 7.15. The van der Waals surface area contributed by atoms with E-state index in [0.29, 0.717) is 29.5 Å². The van der Waals surface area contributed by atoms with Crippen LogP contribution in [0.5, 0.6) is 5.88 Å². The first-order chi connectivity index (χ1) is 12.0. The average molecular weight is 342 g/mol. The SMILES string of the molecule is Cc1cccc(-c2cnc(OCCN(C)C)c3cc(F)cc(F)c23)c1. The van der Waals surface area contributed by atoms with E-state index in [0.717, 1.165) is 17.2 Å². The molecule has 0 fully saturated rings. The minimum atomic E-state index is -0.648. The van der Waals surface area contributed by atoms with Gasteiger partial charge in [0.15, 0.2) is 0 Å². The minimum Gasteiger partial charge on any atom is -0.476 e. The Kier molecular flexibility index (Phi) is 4.95. The maximum absolute atomic E-state index is 14.6. The minimum absolute atomic E-state index is 0.242. The lowest BCUT2D eigenvalue weighted by molar-refractivity contribution is 0.256. The number of ether oxygens (including phenoxy) is 1. The zero-order valence-corrected chi connectivity index (χ0v) is 14.5. The van der Waals surface area contributed by atoms with Gasteiger partial charge in [-0.3, -0.25) is 0 Å². The monoisotopic (exact) mass is 342 g/mol. The lowest BCUT2D eigenvalue weighted by atomic mass is 9.99. The van der Waals surface area contributed by atoms with Crippen LogP contribution in [-0.4, -0.2) is 37.1 Å². The Morgan fingerprint density at radius 3 is 2.64 bits per heavy atom. The van der Waals surface area contributed by atoms with Crippen LogP contribution in [-0.2, 0) is 0 Å². The Bertz CT molecular complexity index is 910. The van der Waals surface area contributed by atoms with E-state index in [1.54, 1.807) is 6.20 Å². The molecular weight excluding hydrogens is 322 g/mol. The maximum Gasteiger partial charge on any atom is 0.221 e. The number of halogens is 2. The Morgan fingerprint density at radius 1 is 1.12 bits per heavy atom. The van der Waals surface area contributed by atoms with Crippen molar-refractivity contribution in [2.24, 2.45) is 0 Å². The van der Waals surface area contributed by atoms with Crippen LogP contribution in [0.25, 0.3) is 21.9 Å². The first-order valence-corrected chi connectivity index (χ1v) is 8.08. The van der Waals surface area contributed by atoms with Gasteiger partial charge in [-0.25, -0.2) is 13.8 Å². The molecule has 0 aliphatic heterocycles. The van der Waals surface area contributed by atoms with Crippen LogP contribution in [0.2, 0.25) is 0 Å². The lowest BCUT2D eigenvalue weighted by Crippen LogP contribution is -2.19. The molecule has 0 N–H and O–H groups in total. The van der Waals surface area contributed by atoms with Crippen molar-refractivity contribution in [1.82, 2.24) is 9.88 Å². The van der Waals surface area contributed by atoms with Gasteiger partial charge in [0.05, 0.1) is 5.39 Å². The van der Waals surface area contributed by atoms with E-state index in [-0.39, 0.29) is 5.88 Å². The van der Waals surface area contributed by atoms with Gasteiger partial charge in [-0.05, 0) is 32.6 Å². The highest BCUT2D eigenvalue weighted by molar-refractivity contribution is 5.99. The summed E-state index contributed by atoms with van der Waals surface area (Å²) in [6, 6.07) is 9.87. The molecule has 1 heterocycles. The van der Waals surface area contributed by atoms with Crippen molar-refractivity contribution < 1.29 is 13.5 Å². The Morgan fingerprint density at radius 2 is 1.92 bits per heavy atom. The number of aromatic nitrogens is 1. The molecule has 0 spiro atoms. The summed E-state index contributed by atoms with van der Waals surface area (Å²) < 4.78 is 34.1. The summed E-state index contributed by atoms with van der Waals surface area (Å²) in [5.74, 6) is -1.02. The number of fused-ring (bicyclic) bond motifs is 1. The molecule has 25 heavy (non-hydrogen) atoms. The Labute approximate surface area is 145 Å². The molecule has 0 saturated heterocycles. The quantitative estimate of drug-likeness (QED) is 0.686. The number of hydrogen-bond donors (Lipinski definition) is 0. The third kappa shape index (κ3) is 3.77. The van der Waals surface area contributed by atoms with Crippen LogP contribution in [0, 0.1) is 18.6 Å². The predicted octanol–water partition coefficient (Wildman–Crippen LogP) is 4.43. The standard InChI is InChI=1S/C20H20F2N2O/c1-13-5-4-6-14(9-13)17-12-23-20(25-8-7-24(2)3)16-10-15(21)11-18(22)19(16)17/h4-6,9-12H,7-8H2,1-3H3. The molecule has 0 unspecified atom stereocenters. The molecule has 5 heteroatoms. The molecule has 0 saturated carbocycles. The molecule has 0 atom stereocenters. The van der Waals surface area contributed by atoms with Gasteiger partial charge in [0, 0.05) is 29.8 Å². The highest BCUT2D eigenvalue weighted by Gasteiger charge is 2.16. The van der Waals surface area contributed by atoms with Crippen LogP contribution in [0.3, 0.4) is 0 Å². The molecule has 0 amide bonds. The normalized spacial score (nSPS) is 11.3. The molecule has 3 aromatic rings. The van der Waals surface area contributed by atoms with Crippen molar-refractivity contribution in [2.75, 3.05) is 27.2 Å². The molecule has 1 aromatic heterocycles. The zero-order valence-electron chi connectivity index (χ0n) is 14.5. The molecule has 130 valence electrons. The number of likely N-dealkylation sites (N-methyl/N-ethyl adjacent to an activating group) is 1. The molecule has 0 radical (unpaired) electrons. The smallest absolute Gasteiger partial charge is 0.221 e. The van der Waals surface area contributed by atoms with Crippen molar-refractivity contribution in [3.05, 3.63) is 59.8 Å². The first kappa shape index (κ1) is 17.3. The highest BCUT2D eigenvalue weighted by Crippen LogP contribution is 2.35. The van der Waals surface area contributed by atoms with E-state index >= 15 is 0 Å². The van der Waals surface area contributed by atoms with Crippen LogP contribution >= 0.6 is 0 Å². The van der Waals surface area contributed by atoms with Crippen LogP contribution in [0.4, 0.5) is 8.78 Å². The number of aryl methyl sites for hydroxylation is 1. The summed E-state index contributed by atoms with van der Waals surface area (Å²) in [4.78, 5) is 6.28. The largest absolute Gasteiger partial charge is 0.476 e. The fraction of sp³-hybridized carbons (Fsp3) is 0.250. The number of hydrogen-bond acceptors (Lipinski definition) is 3. The topological polar surface area (TPSA) is 25.4 Å². The van der Waals surface area contributed by atoms with Crippen molar-refractivity contribution >= 4 is 10.8 Å². The van der Waals surface area contributed by atoms with Gasteiger partial charge in [-0.1, -0.05) is 29.8 Å². The third-order valence-corrected chi connectivity index (χ3v) is 3.97. The average Bonchev–Trinajstić information content (AvgIpc) is 2.54. The summed E-state index contributed by atoms with van der Waals surface area (Å²) in [5, 5.41) is 0.664. The number of rotatable bonds is 5. The summed E-state index contributed by atoms with van der Waals surface area (Å²) in [6.45, 7) is 3.03. The van der Waals surface area contributed by atoms with Gasteiger partial charge >= 0.3 is 0 Å². The second-order valence-electron chi connectivity index (χ2n) is 6.31. The number of benzene rings is 2. The molecule has 3 nitrogen and oxygen atoms in total. The second-order valence-corrected chi connectivity index (χ2v) is 6.31. The molecule has 3 rings (SSSR count). The highest BCUT2D eigenvalue weighted by atomic mass is 19.1. The third-order valence-electron chi connectivity index (χ3n) is 3.97. The zero-order chi connectivity index (χ0) is 18.0. The van der Waals surface area contributed by atoms with Crippen molar-refractivity contribution in [2.45, 2.75) is 6.92 Å². The summed E-state index contributed by atoms with van der Waals surface area (Å²) in [7, 11) is 3.85. The van der Waals surface area contributed by atoms with Gasteiger partial charge in [0.1, 0.15) is 18.2 Å². The number of nitrogens with zero attached hydrogens (tertiary/aromatic N) is 2. The maximum atomic E-state index is 14.6. The van der Waals surface area contributed by atoms with Gasteiger partial charge < -0.3 is 9.64 Å². The van der Waals surface area contributed by atoms with Gasteiger partial charge in [-0.15, -0.1) is 0 Å². The Hall–Kier alpha value is -2.53. The fourth-order valence-corrected chi connectivity index (χ4v) is 2.74. The molecule has 0 aliphatic carbocycles. The van der Waals surface area contributed by atoms with Crippen molar-refractivity contribution in [3.63, 3.8) is 0 Å². The Balaban J connectivity index is 2.14. The van der Waals surface area contributed by atoms with Gasteiger partial charge in [-0.2, -0.15) is 0 Å². The first-order valence-electron chi connectivity index (χ1n) is 8.08. The van der Waals surface area contributed by atoms with Crippen molar-refractivity contribution in [3.8, 4) is 17.0 Å². The van der Waals surface area contributed by atoms with E-state index < -0.39 is 11.6 Å². The molecular formula is C20H20F2N2O. The molecule has 2 aromatic carbocycles. The molecule has 0 aliphatic rings. The summed E-state index contributed by atoms with van der Waals surface area (Å²) in [6.07, 6.45) is 1.59. The summed E-state index contributed by atoms with van der Waals surface area (Å²) in [5.41, 5.74) is 2.51. The van der Waals surface area contributed by atoms with Crippen LogP contribution in [0.15, 0.2) is 42.6 Å². The van der Waals surface area contributed by atoms with Crippen LogP contribution in [0.1, 0.15) is 5.56 Å². The molecule has 0 bridgehead atoms. The van der Waals surface area contributed by atoms with Crippen molar-refractivity contribution in [1.29, 1.82) is 0 Å². The fourth-order valence-electron chi connectivity index (χ4n) is 2.74. The van der Waals surface area contributed by atoms with E-state index in [1.165, 1.54) is 6.07 Å². The van der Waals surface area contributed by atoms with E-state index in [9.17, 15) is 8.78 Å². The van der Waals surface area contributed by atoms with Crippen LogP contribution < -0.4 is 4.74 Å². The summed E-state index contributed by atoms with van der Waals surface area (Å²) >= 11 is 0. The lowest BCUT2D eigenvalue weighted by Gasteiger charge is -2.14. The van der Waals surface area contributed by atoms with E-state index in [1.807, 2.05) is 50.2 Å². The van der Waals surface area contributed by atoms with E-state index in [2.05, 4.69) is 4.98 Å². The predicted molar refractivity (Wildman–Crippen MR) is 95.9 cm³/mol.